The highest BCUT2D eigenvalue weighted by Gasteiger charge is 2.21. The molecular formula is C19H16N2O2. The van der Waals surface area contributed by atoms with Gasteiger partial charge in [0.25, 0.3) is 0 Å². The van der Waals surface area contributed by atoms with Gasteiger partial charge < -0.3 is 10.4 Å². The van der Waals surface area contributed by atoms with Gasteiger partial charge in [-0.05, 0) is 54.3 Å². The smallest absolute Gasteiger partial charge is 0.335 e. The maximum Gasteiger partial charge on any atom is 0.335 e. The molecule has 0 bridgehead atoms. The molecule has 0 spiro atoms. The zero-order valence-corrected chi connectivity index (χ0v) is 12.5. The zero-order chi connectivity index (χ0) is 15.8. The molecule has 4 nitrogen and oxygen atoms in total. The van der Waals surface area contributed by atoms with Gasteiger partial charge in [0.05, 0.1) is 17.1 Å². The van der Waals surface area contributed by atoms with Crippen LogP contribution >= 0.6 is 0 Å². The van der Waals surface area contributed by atoms with Gasteiger partial charge in [0.1, 0.15) is 5.82 Å². The molecule has 2 aromatic carbocycles. The third-order valence-electron chi connectivity index (χ3n) is 4.39. The molecule has 1 aliphatic carbocycles. The second kappa shape index (κ2) is 5.39. The van der Waals surface area contributed by atoms with Crippen LogP contribution in [-0.2, 0) is 6.42 Å². The number of fused-ring (bicyclic) bond motifs is 2. The molecule has 0 fully saturated rings. The van der Waals surface area contributed by atoms with E-state index in [1.807, 2.05) is 12.1 Å². The SMILES string of the molecule is O=C(O)c1ccc2nc(NC3CCc4ccccc43)ccc2c1. The highest BCUT2D eigenvalue weighted by Crippen LogP contribution is 2.33. The summed E-state index contributed by atoms with van der Waals surface area (Å²) < 4.78 is 0. The molecule has 1 unspecified atom stereocenters. The summed E-state index contributed by atoms with van der Waals surface area (Å²) in [5.74, 6) is -0.0982. The summed E-state index contributed by atoms with van der Waals surface area (Å²) in [5, 5.41) is 13.4. The second-order valence-corrected chi connectivity index (χ2v) is 5.84. The Morgan fingerprint density at radius 3 is 2.87 bits per heavy atom. The summed E-state index contributed by atoms with van der Waals surface area (Å²) in [6, 6.07) is 17.6. The van der Waals surface area contributed by atoms with E-state index in [1.165, 1.54) is 11.1 Å². The highest BCUT2D eigenvalue weighted by molar-refractivity contribution is 5.93. The maximum absolute atomic E-state index is 11.0. The minimum absolute atomic E-state index is 0.282. The Hall–Kier alpha value is -2.88. The average molecular weight is 304 g/mol. The van der Waals surface area contributed by atoms with E-state index in [1.54, 1.807) is 18.2 Å². The van der Waals surface area contributed by atoms with E-state index in [-0.39, 0.29) is 11.6 Å². The van der Waals surface area contributed by atoms with Gasteiger partial charge in [-0.25, -0.2) is 9.78 Å². The van der Waals surface area contributed by atoms with Crippen LogP contribution in [0.3, 0.4) is 0 Å². The Labute approximate surface area is 133 Å². The summed E-state index contributed by atoms with van der Waals surface area (Å²) >= 11 is 0. The summed E-state index contributed by atoms with van der Waals surface area (Å²) in [5.41, 5.74) is 3.82. The number of anilines is 1. The maximum atomic E-state index is 11.0. The van der Waals surface area contributed by atoms with Crippen LogP contribution in [0.4, 0.5) is 5.82 Å². The number of aryl methyl sites for hydroxylation is 1. The third kappa shape index (κ3) is 2.52. The van der Waals surface area contributed by atoms with Crippen LogP contribution in [-0.4, -0.2) is 16.1 Å². The van der Waals surface area contributed by atoms with Crippen LogP contribution in [0.1, 0.15) is 33.9 Å². The number of carboxylic acids is 1. The molecule has 1 atom stereocenters. The van der Waals surface area contributed by atoms with E-state index in [0.29, 0.717) is 0 Å². The summed E-state index contributed by atoms with van der Waals surface area (Å²) in [4.78, 5) is 15.6. The molecule has 0 saturated carbocycles. The molecule has 0 aliphatic heterocycles. The Morgan fingerprint density at radius 1 is 1.13 bits per heavy atom. The van der Waals surface area contributed by atoms with Crippen LogP contribution in [0.25, 0.3) is 10.9 Å². The summed E-state index contributed by atoms with van der Waals surface area (Å²) in [6.45, 7) is 0. The van der Waals surface area contributed by atoms with Crippen molar-refractivity contribution >= 4 is 22.7 Å². The first-order valence-corrected chi connectivity index (χ1v) is 7.69. The average Bonchev–Trinajstić information content (AvgIpc) is 2.97. The van der Waals surface area contributed by atoms with Crippen LogP contribution in [0, 0.1) is 0 Å². The van der Waals surface area contributed by atoms with E-state index in [4.69, 9.17) is 5.11 Å². The number of aromatic carboxylic acids is 1. The minimum Gasteiger partial charge on any atom is -0.478 e. The van der Waals surface area contributed by atoms with Gasteiger partial charge in [-0.15, -0.1) is 0 Å². The molecule has 3 aromatic rings. The van der Waals surface area contributed by atoms with Crippen molar-refractivity contribution in [1.82, 2.24) is 4.98 Å². The van der Waals surface area contributed by atoms with Gasteiger partial charge in [0, 0.05) is 5.39 Å². The van der Waals surface area contributed by atoms with Gasteiger partial charge in [0.15, 0.2) is 0 Å². The van der Waals surface area contributed by atoms with Crippen molar-refractivity contribution in [3.8, 4) is 0 Å². The number of benzene rings is 2. The number of carbonyl (C=O) groups is 1. The largest absolute Gasteiger partial charge is 0.478 e. The normalized spacial score (nSPS) is 16.3. The van der Waals surface area contributed by atoms with Crippen LogP contribution in [0.5, 0.6) is 0 Å². The topological polar surface area (TPSA) is 62.2 Å². The number of nitrogens with zero attached hydrogens (tertiary/aromatic N) is 1. The monoisotopic (exact) mass is 304 g/mol. The van der Waals surface area contributed by atoms with Crippen LogP contribution in [0.2, 0.25) is 0 Å². The van der Waals surface area contributed by atoms with Crippen molar-refractivity contribution in [3.63, 3.8) is 0 Å². The third-order valence-corrected chi connectivity index (χ3v) is 4.39. The standard InChI is InChI=1S/C19H16N2O2/c22-19(23)14-6-8-16-13(11-14)7-10-18(20-16)21-17-9-5-12-3-1-2-4-15(12)17/h1-4,6-8,10-11,17H,5,9H2,(H,20,21)(H,22,23). The van der Waals surface area contributed by atoms with Crippen LogP contribution < -0.4 is 5.32 Å². The molecule has 2 N–H and O–H groups in total. The quantitative estimate of drug-likeness (QED) is 0.767. The molecule has 23 heavy (non-hydrogen) atoms. The van der Waals surface area contributed by atoms with Gasteiger partial charge in [-0.2, -0.15) is 0 Å². The van der Waals surface area contributed by atoms with E-state index in [9.17, 15) is 4.79 Å². The molecule has 1 aliphatic rings. The lowest BCUT2D eigenvalue weighted by molar-refractivity contribution is 0.0697. The van der Waals surface area contributed by atoms with Crippen molar-refractivity contribution in [2.75, 3.05) is 5.32 Å². The molecule has 0 amide bonds. The van der Waals surface area contributed by atoms with Crippen molar-refractivity contribution in [2.45, 2.75) is 18.9 Å². The van der Waals surface area contributed by atoms with Gasteiger partial charge in [-0.1, -0.05) is 24.3 Å². The van der Waals surface area contributed by atoms with Crippen molar-refractivity contribution in [3.05, 3.63) is 71.3 Å². The van der Waals surface area contributed by atoms with Crippen molar-refractivity contribution in [2.24, 2.45) is 0 Å². The molecule has 114 valence electrons. The molecule has 1 heterocycles. The fraction of sp³-hybridized carbons (Fsp3) is 0.158. The fourth-order valence-corrected chi connectivity index (χ4v) is 3.22. The number of rotatable bonds is 3. The molecular weight excluding hydrogens is 288 g/mol. The number of nitrogens with one attached hydrogen (secondary N) is 1. The Kier molecular flexibility index (Phi) is 3.23. The summed E-state index contributed by atoms with van der Waals surface area (Å²) in [7, 11) is 0. The van der Waals surface area contributed by atoms with E-state index in [0.717, 1.165) is 29.6 Å². The second-order valence-electron chi connectivity index (χ2n) is 5.84. The van der Waals surface area contributed by atoms with Gasteiger partial charge in [0.2, 0.25) is 0 Å². The zero-order valence-electron chi connectivity index (χ0n) is 12.5. The molecule has 0 saturated heterocycles. The molecule has 4 rings (SSSR count). The molecule has 0 radical (unpaired) electrons. The number of hydrogen-bond acceptors (Lipinski definition) is 3. The first-order chi connectivity index (χ1) is 11.2. The van der Waals surface area contributed by atoms with Crippen molar-refractivity contribution in [1.29, 1.82) is 0 Å². The number of aromatic nitrogens is 1. The molecule has 4 heteroatoms. The first-order valence-electron chi connectivity index (χ1n) is 7.69. The lowest BCUT2D eigenvalue weighted by atomic mass is 10.1. The summed E-state index contributed by atoms with van der Waals surface area (Å²) in [6.07, 6.45) is 2.15. The van der Waals surface area contributed by atoms with Crippen molar-refractivity contribution < 1.29 is 9.90 Å². The highest BCUT2D eigenvalue weighted by atomic mass is 16.4. The Balaban J connectivity index is 1.63. The number of carboxylic acid groups (broad SMARTS) is 1. The lowest BCUT2D eigenvalue weighted by Gasteiger charge is -2.15. The fourth-order valence-electron chi connectivity index (χ4n) is 3.22. The minimum atomic E-state index is -0.920. The molecule has 1 aromatic heterocycles. The number of pyridine rings is 1. The lowest BCUT2D eigenvalue weighted by Crippen LogP contribution is -2.08. The predicted molar refractivity (Wildman–Crippen MR) is 89.8 cm³/mol. The predicted octanol–water partition coefficient (Wildman–Crippen LogP) is 4.03. The number of hydrogen-bond donors (Lipinski definition) is 2. The Morgan fingerprint density at radius 2 is 2.00 bits per heavy atom. The van der Waals surface area contributed by atoms with E-state index in [2.05, 4.69) is 34.6 Å². The van der Waals surface area contributed by atoms with Gasteiger partial charge in [-0.3, -0.25) is 0 Å². The van der Waals surface area contributed by atoms with Gasteiger partial charge >= 0.3 is 5.97 Å². The Bertz CT molecular complexity index is 905. The first kappa shape index (κ1) is 13.8. The van der Waals surface area contributed by atoms with E-state index < -0.39 is 5.97 Å². The van der Waals surface area contributed by atoms with Crippen LogP contribution in [0.15, 0.2) is 54.6 Å². The van der Waals surface area contributed by atoms with E-state index >= 15 is 0 Å².